The van der Waals surface area contributed by atoms with Crippen LogP contribution >= 0.6 is 0 Å². The maximum absolute atomic E-state index is 11.5. The van der Waals surface area contributed by atoms with Crippen molar-refractivity contribution in [3.8, 4) is 11.5 Å². The van der Waals surface area contributed by atoms with Gasteiger partial charge in [-0.05, 0) is 18.2 Å². The largest absolute Gasteiger partial charge is 0.504 e. The van der Waals surface area contributed by atoms with E-state index in [1.54, 1.807) is 25.2 Å². The summed E-state index contributed by atoms with van der Waals surface area (Å²) in [4.78, 5) is 24.3. The summed E-state index contributed by atoms with van der Waals surface area (Å²) in [6.45, 7) is 0.0953. The van der Waals surface area contributed by atoms with Gasteiger partial charge >= 0.3 is 0 Å². The lowest BCUT2D eigenvalue weighted by Crippen LogP contribution is -2.10. The Morgan fingerprint density at radius 2 is 2.24 bits per heavy atom. The molecule has 0 amide bonds. The molecule has 88 valence electrons. The Morgan fingerprint density at radius 1 is 1.47 bits per heavy atom. The van der Waals surface area contributed by atoms with Gasteiger partial charge in [0.2, 0.25) is 5.75 Å². The van der Waals surface area contributed by atoms with Crippen molar-refractivity contribution < 1.29 is 14.6 Å². The second kappa shape index (κ2) is 4.17. The number of ether oxygens (including phenoxy) is 1. The van der Waals surface area contributed by atoms with Gasteiger partial charge in [0, 0.05) is 18.1 Å². The number of carbonyl (C=O) groups excluding carboxylic acids is 1. The standard InChI is InChI=1S/C11H10N2O4/c1-12-6-2-3-7-8(4-6)13-11(16)10(9(7)15)17-5-14/h2-5,12H,1H3,(H2,13,15,16). The third kappa shape index (κ3) is 1.80. The van der Waals surface area contributed by atoms with Crippen LogP contribution in [0.25, 0.3) is 10.9 Å². The smallest absolute Gasteiger partial charge is 0.298 e. The fraction of sp³-hybridized carbons (Fsp3) is 0.0909. The van der Waals surface area contributed by atoms with Crippen molar-refractivity contribution in [2.75, 3.05) is 12.4 Å². The van der Waals surface area contributed by atoms with Gasteiger partial charge in [-0.15, -0.1) is 0 Å². The van der Waals surface area contributed by atoms with Crippen LogP contribution in [0.4, 0.5) is 5.69 Å². The second-order valence-electron chi connectivity index (χ2n) is 3.36. The Morgan fingerprint density at radius 3 is 2.88 bits per heavy atom. The zero-order valence-corrected chi connectivity index (χ0v) is 8.98. The Labute approximate surface area is 95.8 Å². The molecule has 0 aliphatic heterocycles. The van der Waals surface area contributed by atoms with Gasteiger partial charge in [-0.25, -0.2) is 0 Å². The molecule has 1 aromatic carbocycles. The van der Waals surface area contributed by atoms with Gasteiger partial charge in [0.15, 0.2) is 5.75 Å². The molecule has 0 saturated carbocycles. The Balaban J connectivity index is 2.76. The summed E-state index contributed by atoms with van der Waals surface area (Å²) in [5.74, 6) is -0.747. The van der Waals surface area contributed by atoms with E-state index in [-0.39, 0.29) is 12.2 Å². The molecule has 2 rings (SSSR count). The van der Waals surface area contributed by atoms with E-state index in [1.165, 1.54) is 0 Å². The molecule has 2 aromatic rings. The minimum atomic E-state index is -0.657. The normalized spacial score (nSPS) is 10.2. The van der Waals surface area contributed by atoms with Crippen LogP contribution in [0.2, 0.25) is 0 Å². The Hall–Kier alpha value is -2.50. The van der Waals surface area contributed by atoms with Gasteiger partial charge in [-0.3, -0.25) is 9.59 Å². The van der Waals surface area contributed by atoms with Crippen molar-refractivity contribution in [1.29, 1.82) is 0 Å². The average Bonchev–Trinajstić information content (AvgIpc) is 2.33. The molecule has 0 radical (unpaired) electrons. The number of aromatic nitrogens is 1. The van der Waals surface area contributed by atoms with E-state index >= 15 is 0 Å². The van der Waals surface area contributed by atoms with Gasteiger partial charge in [-0.1, -0.05) is 0 Å². The number of H-pyrrole nitrogens is 1. The second-order valence-corrected chi connectivity index (χ2v) is 3.36. The molecular formula is C11H10N2O4. The van der Waals surface area contributed by atoms with Crippen LogP contribution in [0.3, 0.4) is 0 Å². The summed E-state index contributed by atoms with van der Waals surface area (Å²) < 4.78 is 4.44. The third-order valence-corrected chi connectivity index (χ3v) is 2.40. The number of nitrogens with one attached hydrogen (secondary N) is 2. The molecule has 17 heavy (non-hydrogen) atoms. The molecule has 0 aliphatic carbocycles. The van der Waals surface area contributed by atoms with Crippen LogP contribution in [-0.4, -0.2) is 23.6 Å². The molecule has 0 unspecified atom stereocenters. The van der Waals surface area contributed by atoms with E-state index in [0.717, 1.165) is 5.69 Å². The van der Waals surface area contributed by atoms with Crippen LogP contribution in [0.1, 0.15) is 0 Å². The van der Waals surface area contributed by atoms with Crippen LogP contribution in [0, 0.1) is 0 Å². The average molecular weight is 234 g/mol. The van der Waals surface area contributed by atoms with Crippen molar-refractivity contribution >= 4 is 23.1 Å². The highest BCUT2D eigenvalue weighted by atomic mass is 16.5. The molecule has 0 saturated heterocycles. The van der Waals surface area contributed by atoms with Crippen molar-refractivity contribution in [3.05, 3.63) is 28.6 Å². The number of aromatic amines is 1. The zero-order chi connectivity index (χ0) is 12.4. The Kier molecular flexibility index (Phi) is 2.70. The van der Waals surface area contributed by atoms with Crippen molar-refractivity contribution in [2.24, 2.45) is 0 Å². The molecule has 0 aliphatic rings. The number of hydrogen-bond donors (Lipinski definition) is 3. The van der Waals surface area contributed by atoms with Gasteiger partial charge < -0.3 is 20.1 Å². The lowest BCUT2D eigenvalue weighted by Gasteiger charge is -2.06. The third-order valence-electron chi connectivity index (χ3n) is 2.40. The number of anilines is 1. The van der Waals surface area contributed by atoms with Gasteiger partial charge in [-0.2, -0.15) is 0 Å². The highest BCUT2D eigenvalue weighted by Crippen LogP contribution is 2.30. The van der Waals surface area contributed by atoms with Crippen LogP contribution in [-0.2, 0) is 4.79 Å². The molecule has 0 bridgehead atoms. The summed E-state index contributed by atoms with van der Waals surface area (Å²) in [5.41, 5.74) is 0.588. The van der Waals surface area contributed by atoms with Crippen molar-refractivity contribution in [3.63, 3.8) is 0 Å². The molecular weight excluding hydrogens is 224 g/mol. The number of rotatable bonds is 3. The first-order chi connectivity index (χ1) is 8.17. The van der Waals surface area contributed by atoms with E-state index in [9.17, 15) is 14.7 Å². The van der Waals surface area contributed by atoms with Gasteiger partial charge in [0.1, 0.15) is 0 Å². The molecule has 3 N–H and O–H groups in total. The predicted octanol–water partition coefficient (Wildman–Crippen LogP) is 0.811. The number of pyridine rings is 1. The van der Waals surface area contributed by atoms with E-state index in [1.807, 2.05) is 0 Å². The van der Waals surface area contributed by atoms with E-state index in [0.29, 0.717) is 10.9 Å². The van der Waals surface area contributed by atoms with Crippen LogP contribution in [0.15, 0.2) is 23.0 Å². The summed E-state index contributed by atoms with van der Waals surface area (Å²) >= 11 is 0. The van der Waals surface area contributed by atoms with Crippen LogP contribution < -0.4 is 15.6 Å². The minimum Gasteiger partial charge on any atom is -0.504 e. The van der Waals surface area contributed by atoms with E-state index in [4.69, 9.17) is 0 Å². The molecule has 0 spiro atoms. The zero-order valence-electron chi connectivity index (χ0n) is 8.98. The summed E-state index contributed by atoms with van der Waals surface area (Å²) in [6.07, 6.45) is 0. The van der Waals surface area contributed by atoms with Gasteiger partial charge in [0.05, 0.1) is 5.52 Å². The van der Waals surface area contributed by atoms with Crippen molar-refractivity contribution in [1.82, 2.24) is 4.98 Å². The summed E-state index contributed by atoms with van der Waals surface area (Å²) in [5, 5.41) is 13.1. The topological polar surface area (TPSA) is 91.4 Å². The summed E-state index contributed by atoms with van der Waals surface area (Å²) in [6, 6.07) is 5.01. The SMILES string of the molecule is CNc1ccc2c(O)c(OC=O)c(=O)[nH]c2c1. The maximum Gasteiger partial charge on any atom is 0.298 e. The highest BCUT2D eigenvalue weighted by Gasteiger charge is 2.13. The molecule has 1 aromatic heterocycles. The van der Waals surface area contributed by atoms with Gasteiger partial charge in [0.25, 0.3) is 12.0 Å². The Bertz CT molecular complexity index is 633. The first-order valence-electron chi connectivity index (χ1n) is 4.84. The van der Waals surface area contributed by atoms with Crippen LogP contribution in [0.5, 0.6) is 11.5 Å². The van der Waals surface area contributed by atoms with E-state index < -0.39 is 11.3 Å². The summed E-state index contributed by atoms with van der Waals surface area (Å²) in [7, 11) is 1.74. The first-order valence-corrected chi connectivity index (χ1v) is 4.84. The van der Waals surface area contributed by atoms with E-state index in [2.05, 4.69) is 15.0 Å². The highest BCUT2D eigenvalue weighted by molar-refractivity contribution is 5.89. The lowest BCUT2D eigenvalue weighted by atomic mass is 10.2. The molecule has 6 heteroatoms. The monoisotopic (exact) mass is 234 g/mol. The fourth-order valence-corrected chi connectivity index (χ4v) is 1.58. The molecule has 0 fully saturated rings. The number of benzene rings is 1. The first kappa shape index (κ1) is 11.0. The predicted molar refractivity (Wildman–Crippen MR) is 62.5 cm³/mol. The minimum absolute atomic E-state index is 0.0953. The number of carbonyl (C=O) groups is 1. The van der Waals surface area contributed by atoms with Crippen molar-refractivity contribution in [2.45, 2.75) is 0 Å². The molecule has 6 nitrogen and oxygen atoms in total. The molecule has 1 heterocycles. The number of fused-ring (bicyclic) bond motifs is 1. The quantitative estimate of drug-likeness (QED) is 0.683. The number of hydrogen-bond acceptors (Lipinski definition) is 5. The fourth-order valence-electron chi connectivity index (χ4n) is 1.58. The number of aromatic hydroxyl groups is 1. The lowest BCUT2D eigenvalue weighted by molar-refractivity contribution is -0.120. The maximum atomic E-state index is 11.5. The molecule has 0 atom stereocenters.